The highest BCUT2D eigenvalue weighted by molar-refractivity contribution is 9.10. The second-order valence-corrected chi connectivity index (χ2v) is 5.09. The Bertz CT molecular complexity index is 704. The Kier molecular flexibility index (Phi) is 2.87. The Labute approximate surface area is 118 Å². The van der Waals surface area contributed by atoms with Gasteiger partial charge in [-0.3, -0.25) is 4.79 Å². The molecule has 1 aliphatic heterocycles. The second kappa shape index (κ2) is 4.55. The molecule has 19 heavy (non-hydrogen) atoms. The highest BCUT2D eigenvalue weighted by Crippen LogP contribution is 2.33. The summed E-state index contributed by atoms with van der Waals surface area (Å²) < 4.78 is 6.36. The molecule has 0 bridgehead atoms. The van der Waals surface area contributed by atoms with Gasteiger partial charge in [-0.15, -0.1) is 0 Å². The van der Waals surface area contributed by atoms with Crippen LogP contribution in [0.15, 0.2) is 52.7 Å². The molecule has 3 nitrogen and oxygen atoms in total. The summed E-state index contributed by atoms with van der Waals surface area (Å²) in [7, 11) is 0. The van der Waals surface area contributed by atoms with Crippen LogP contribution in [-0.4, -0.2) is 10.9 Å². The van der Waals surface area contributed by atoms with Crippen molar-refractivity contribution in [2.24, 2.45) is 0 Å². The van der Waals surface area contributed by atoms with Crippen molar-refractivity contribution in [1.82, 2.24) is 0 Å². The minimum Gasteiger partial charge on any atom is -0.508 e. The van der Waals surface area contributed by atoms with Crippen LogP contribution in [0.2, 0.25) is 0 Å². The molecule has 0 atom stereocenters. The van der Waals surface area contributed by atoms with Crippen LogP contribution in [0.5, 0.6) is 11.5 Å². The summed E-state index contributed by atoms with van der Waals surface area (Å²) >= 11 is 3.33. The lowest BCUT2D eigenvalue weighted by molar-refractivity contribution is 0.101. The average molecular weight is 317 g/mol. The molecule has 0 spiro atoms. The van der Waals surface area contributed by atoms with E-state index in [-0.39, 0.29) is 17.3 Å². The van der Waals surface area contributed by atoms with Crippen LogP contribution < -0.4 is 4.74 Å². The van der Waals surface area contributed by atoms with Crippen molar-refractivity contribution in [3.8, 4) is 11.5 Å². The van der Waals surface area contributed by atoms with Crippen LogP contribution in [-0.2, 0) is 0 Å². The predicted molar refractivity (Wildman–Crippen MR) is 75.2 cm³/mol. The molecule has 0 aromatic heterocycles. The monoisotopic (exact) mass is 316 g/mol. The number of fused-ring (bicyclic) bond motifs is 1. The Morgan fingerprint density at radius 2 is 2.00 bits per heavy atom. The van der Waals surface area contributed by atoms with E-state index in [2.05, 4.69) is 15.9 Å². The number of phenols is 1. The summed E-state index contributed by atoms with van der Waals surface area (Å²) in [5, 5.41) is 9.40. The molecule has 0 radical (unpaired) electrons. The SMILES string of the molecule is O=C1C(=Cc2cccc(O)c2)Oc2ccc(Br)cc21. The van der Waals surface area contributed by atoms with Crippen LogP contribution in [0.4, 0.5) is 0 Å². The van der Waals surface area contributed by atoms with E-state index in [4.69, 9.17) is 4.74 Å². The Morgan fingerprint density at radius 3 is 2.79 bits per heavy atom. The van der Waals surface area contributed by atoms with Gasteiger partial charge in [-0.25, -0.2) is 0 Å². The molecule has 0 fully saturated rings. The summed E-state index contributed by atoms with van der Waals surface area (Å²) in [5.74, 6) is 0.818. The van der Waals surface area contributed by atoms with Crippen molar-refractivity contribution in [1.29, 1.82) is 0 Å². The number of carbonyl (C=O) groups is 1. The number of ether oxygens (including phenoxy) is 1. The number of allylic oxidation sites excluding steroid dienone is 1. The first-order chi connectivity index (χ1) is 9.13. The van der Waals surface area contributed by atoms with Crippen molar-refractivity contribution in [3.05, 3.63) is 63.8 Å². The van der Waals surface area contributed by atoms with Crippen molar-refractivity contribution < 1.29 is 14.6 Å². The van der Waals surface area contributed by atoms with E-state index in [0.717, 1.165) is 10.0 Å². The number of benzene rings is 2. The Balaban J connectivity index is 2.00. The van der Waals surface area contributed by atoms with Crippen molar-refractivity contribution >= 4 is 27.8 Å². The average Bonchev–Trinajstić information content (AvgIpc) is 2.67. The zero-order valence-corrected chi connectivity index (χ0v) is 11.3. The highest BCUT2D eigenvalue weighted by atomic mass is 79.9. The zero-order chi connectivity index (χ0) is 13.4. The van der Waals surface area contributed by atoms with Crippen LogP contribution in [0.1, 0.15) is 15.9 Å². The number of ketones is 1. The Hall–Kier alpha value is -2.07. The fourth-order valence-electron chi connectivity index (χ4n) is 1.93. The van der Waals surface area contributed by atoms with E-state index in [1.807, 2.05) is 6.07 Å². The topological polar surface area (TPSA) is 46.5 Å². The van der Waals surface area contributed by atoms with Crippen LogP contribution in [0.3, 0.4) is 0 Å². The molecule has 2 aromatic carbocycles. The molecular formula is C15H9BrO3. The fourth-order valence-corrected chi connectivity index (χ4v) is 2.29. The van der Waals surface area contributed by atoms with Crippen molar-refractivity contribution in [2.45, 2.75) is 0 Å². The van der Waals surface area contributed by atoms with Gasteiger partial charge in [-0.05, 0) is 42.0 Å². The molecule has 0 unspecified atom stereocenters. The molecule has 94 valence electrons. The third-order valence-corrected chi connectivity index (χ3v) is 3.29. The van der Waals surface area contributed by atoms with Gasteiger partial charge in [0.2, 0.25) is 5.78 Å². The van der Waals surface area contributed by atoms with E-state index in [1.54, 1.807) is 42.5 Å². The summed E-state index contributed by atoms with van der Waals surface area (Å²) in [6.45, 7) is 0. The van der Waals surface area contributed by atoms with E-state index in [9.17, 15) is 9.90 Å². The maximum Gasteiger partial charge on any atom is 0.232 e. The quantitative estimate of drug-likeness (QED) is 0.815. The van der Waals surface area contributed by atoms with Gasteiger partial charge in [0.05, 0.1) is 5.56 Å². The standard InChI is InChI=1S/C15H9BrO3/c16-10-4-5-13-12(8-10)15(18)14(19-13)7-9-2-1-3-11(17)6-9/h1-8,17H. The van der Waals surface area contributed by atoms with Crippen molar-refractivity contribution in [3.63, 3.8) is 0 Å². The highest BCUT2D eigenvalue weighted by Gasteiger charge is 2.27. The molecular weight excluding hydrogens is 308 g/mol. The predicted octanol–water partition coefficient (Wildman–Crippen LogP) is 3.77. The number of rotatable bonds is 1. The van der Waals surface area contributed by atoms with E-state index < -0.39 is 0 Å². The number of Topliss-reactive ketones (excluding diaryl/α,β-unsaturated/α-hetero) is 1. The van der Waals surface area contributed by atoms with Crippen LogP contribution in [0, 0.1) is 0 Å². The molecule has 2 aromatic rings. The number of halogens is 1. The van der Waals surface area contributed by atoms with Crippen LogP contribution >= 0.6 is 15.9 Å². The first-order valence-corrected chi connectivity index (χ1v) is 6.45. The number of hydrogen-bond donors (Lipinski definition) is 1. The Morgan fingerprint density at radius 1 is 1.16 bits per heavy atom. The lowest BCUT2D eigenvalue weighted by Crippen LogP contribution is -1.97. The molecule has 0 amide bonds. The third kappa shape index (κ3) is 2.27. The molecule has 0 aliphatic carbocycles. The molecule has 0 saturated carbocycles. The number of aromatic hydroxyl groups is 1. The van der Waals surface area contributed by atoms with Gasteiger partial charge in [0.1, 0.15) is 11.5 Å². The third-order valence-electron chi connectivity index (χ3n) is 2.80. The van der Waals surface area contributed by atoms with Gasteiger partial charge in [-0.1, -0.05) is 28.1 Å². The number of carbonyl (C=O) groups excluding carboxylic acids is 1. The molecule has 0 saturated heterocycles. The number of phenolic OH excluding ortho intramolecular Hbond substituents is 1. The first-order valence-electron chi connectivity index (χ1n) is 5.66. The van der Waals surface area contributed by atoms with Gasteiger partial charge in [-0.2, -0.15) is 0 Å². The van der Waals surface area contributed by atoms with Gasteiger partial charge in [0.25, 0.3) is 0 Å². The van der Waals surface area contributed by atoms with Gasteiger partial charge in [0.15, 0.2) is 5.76 Å². The largest absolute Gasteiger partial charge is 0.508 e. The van der Waals surface area contributed by atoms with Gasteiger partial charge < -0.3 is 9.84 Å². The second-order valence-electron chi connectivity index (χ2n) is 4.18. The van der Waals surface area contributed by atoms with Crippen LogP contribution in [0.25, 0.3) is 6.08 Å². The van der Waals surface area contributed by atoms with E-state index >= 15 is 0 Å². The number of hydrogen-bond acceptors (Lipinski definition) is 3. The molecule has 1 heterocycles. The van der Waals surface area contributed by atoms with Crippen molar-refractivity contribution in [2.75, 3.05) is 0 Å². The molecule has 3 rings (SSSR count). The van der Waals surface area contributed by atoms with E-state index in [0.29, 0.717) is 11.3 Å². The lowest BCUT2D eigenvalue weighted by Gasteiger charge is -1.99. The minimum atomic E-state index is -0.153. The van der Waals surface area contributed by atoms with Gasteiger partial charge >= 0.3 is 0 Å². The first kappa shape index (κ1) is 12.0. The summed E-state index contributed by atoms with van der Waals surface area (Å²) in [6, 6.07) is 12.0. The molecule has 1 N–H and O–H groups in total. The maximum absolute atomic E-state index is 12.2. The zero-order valence-electron chi connectivity index (χ0n) is 9.76. The smallest absolute Gasteiger partial charge is 0.232 e. The summed E-state index contributed by atoms with van der Waals surface area (Å²) in [4.78, 5) is 12.2. The van der Waals surface area contributed by atoms with E-state index in [1.165, 1.54) is 0 Å². The summed E-state index contributed by atoms with van der Waals surface area (Å²) in [5.41, 5.74) is 1.26. The minimum absolute atomic E-state index is 0.153. The fraction of sp³-hybridized carbons (Fsp3) is 0. The lowest BCUT2D eigenvalue weighted by atomic mass is 10.1. The molecule has 1 aliphatic rings. The normalized spacial score (nSPS) is 15.4. The van der Waals surface area contributed by atoms with Gasteiger partial charge in [0, 0.05) is 4.47 Å². The summed E-state index contributed by atoms with van der Waals surface area (Å²) in [6.07, 6.45) is 1.62. The molecule has 4 heteroatoms. The maximum atomic E-state index is 12.2.